The molecule has 0 aliphatic carbocycles. The number of ether oxygens (including phenoxy) is 2. The zero-order chi connectivity index (χ0) is 25.1. The van der Waals surface area contributed by atoms with E-state index in [0.29, 0.717) is 32.5 Å². The Morgan fingerprint density at radius 1 is 1.00 bits per heavy atom. The molecule has 0 saturated carbocycles. The number of esters is 1. The first-order chi connectivity index (χ1) is 16.7. The van der Waals surface area contributed by atoms with Gasteiger partial charge >= 0.3 is 5.97 Å². The van der Waals surface area contributed by atoms with Crippen LogP contribution in [0, 0.1) is 6.92 Å². The fourth-order valence-electron chi connectivity index (χ4n) is 3.40. The SMILES string of the molecule is COc1cc(/C=C2\SC(=O)N(Cc3ccc(Cl)c(Cl)c3)C2=O)ccc1OC(=O)c1cccc(C)c1. The quantitative estimate of drug-likeness (QED) is 0.200. The molecular weight excluding hydrogens is 509 g/mol. The van der Waals surface area contributed by atoms with Gasteiger partial charge in [0.15, 0.2) is 11.5 Å². The lowest BCUT2D eigenvalue weighted by Crippen LogP contribution is -2.27. The number of thioether (sulfide) groups is 1. The van der Waals surface area contributed by atoms with Crippen molar-refractivity contribution in [2.75, 3.05) is 7.11 Å². The monoisotopic (exact) mass is 527 g/mol. The summed E-state index contributed by atoms with van der Waals surface area (Å²) in [7, 11) is 1.45. The molecule has 35 heavy (non-hydrogen) atoms. The van der Waals surface area contributed by atoms with Gasteiger partial charge < -0.3 is 9.47 Å². The van der Waals surface area contributed by atoms with Crippen molar-refractivity contribution in [3.63, 3.8) is 0 Å². The van der Waals surface area contributed by atoms with Crippen molar-refractivity contribution in [1.29, 1.82) is 0 Å². The average molecular weight is 528 g/mol. The van der Waals surface area contributed by atoms with Gasteiger partial charge in [0.25, 0.3) is 11.1 Å². The van der Waals surface area contributed by atoms with Crippen LogP contribution >= 0.6 is 35.0 Å². The van der Waals surface area contributed by atoms with E-state index in [1.807, 2.05) is 13.0 Å². The Labute approximate surface area is 216 Å². The molecule has 0 atom stereocenters. The number of halogens is 2. The molecule has 6 nitrogen and oxygen atoms in total. The molecule has 1 saturated heterocycles. The Kier molecular flexibility index (Phi) is 7.50. The number of amides is 2. The first-order valence-electron chi connectivity index (χ1n) is 10.4. The van der Waals surface area contributed by atoms with Gasteiger partial charge in [0.2, 0.25) is 0 Å². The molecule has 1 fully saturated rings. The number of carbonyl (C=O) groups excluding carboxylic acids is 3. The summed E-state index contributed by atoms with van der Waals surface area (Å²) in [6.45, 7) is 1.97. The molecule has 1 heterocycles. The van der Waals surface area contributed by atoms with E-state index in [1.54, 1.807) is 60.7 Å². The summed E-state index contributed by atoms with van der Waals surface area (Å²) < 4.78 is 10.9. The van der Waals surface area contributed by atoms with E-state index in [2.05, 4.69) is 0 Å². The molecule has 3 aromatic rings. The van der Waals surface area contributed by atoms with E-state index in [1.165, 1.54) is 7.11 Å². The van der Waals surface area contributed by atoms with E-state index in [0.717, 1.165) is 22.2 Å². The highest BCUT2D eigenvalue weighted by Gasteiger charge is 2.35. The Morgan fingerprint density at radius 3 is 2.51 bits per heavy atom. The van der Waals surface area contributed by atoms with Gasteiger partial charge in [0.1, 0.15) is 0 Å². The number of nitrogens with zero attached hydrogens (tertiary/aromatic N) is 1. The van der Waals surface area contributed by atoms with Gasteiger partial charge in [-0.15, -0.1) is 0 Å². The molecule has 1 aliphatic rings. The molecule has 2 amide bonds. The lowest BCUT2D eigenvalue weighted by Gasteiger charge is -2.13. The van der Waals surface area contributed by atoms with Gasteiger partial charge in [0.05, 0.1) is 34.2 Å². The van der Waals surface area contributed by atoms with Gasteiger partial charge in [-0.05, 0) is 72.3 Å². The summed E-state index contributed by atoms with van der Waals surface area (Å²) in [4.78, 5) is 39.3. The van der Waals surface area contributed by atoms with Crippen LogP contribution in [0.4, 0.5) is 4.79 Å². The first kappa shape index (κ1) is 24.9. The van der Waals surface area contributed by atoms with E-state index in [-0.39, 0.29) is 22.4 Å². The number of hydrogen-bond acceptors (Lipinski definition) is 6. The smallest absolute Gasteiger partial charge is 0.343 e. The van der Waals surface area contributed by atoms with Gasteiger partial charge in [-0.1, -0.05) is 53.0 Å². The fourth-order valence-corrected chi connectivity index (χ4v) is 4.56. The van der Waals surface area contributed by atoms with Crippen LogP contribution in [-0.4, -0.2) is 29.1 Å². The molecule has 0 bridgehead atoms. The summed E-state index contributed by atoms with van der Waals surface area (Å²) in [6, 6.07) is 16.9. The number of methoxy groups -OCH3 is 1. The lowest BCUT2D eigenvalue weighted by molar-refractivity contribution is -0.123. The fraction of sp³-hybridized carbons (Fsp3) is 0.115. The second-order valence-electron chi connectivity index (χ2n) is 7.69. The van der Waals surface area contributed by atoms with E-state index in [9.17, 15) is 14.4 Å². The maximum atomic E-state index is 12.9. The van der Waals surface area contributed by atoms with Crippen LogP contribution in [0.2, 0.25) is 10.0 Å². The second-order valence-corrected chi connectivity index (χ2v) is 9.49. The Hall–Kier alpha value is -3.26. The molecule has 3 aromatic carbocycles. The second kappa shape index (κ2) is 10.6. The summed E-state index contributed by atoms with van der Waals surface area (Å²) >= 11 is 12.8. The van der Waals surface area contributed by atoms with Crippen LogP contribution in [0.5, 0.6) is 11.5 Å². The molecule has 178 valence electrons. The van der Waals surface area contributed by atoms with Crippen molar-refractivity contribution in [2.24, 2.45) is 0 Å². The van der Waals surface area contributed by atoms with Gasteiger partial charge in [-0.3, -0.25) is 14.5 Å². The summed E-state index contributed by atoms with van der Waals surface area (Å²) in [5.74, 6) is -0.373. The minimum absolute atomic E-state index is 0.0794. The highest BCUT2D eigenvalue weighted by molar-refractivity contribution is 8.18. The van der Waals surface area contributed by atoms with Crippen molar-refractivity contribution >= 4 is 58.2 Å². The summed E-state index contributed by atoms with van der Waals surface area (Å²) in [5, 5.41) is 0.358. The third-order valence-corrected chi connectivity index (χ3v) is 6.79. The van der Waals surface area contributed by atoms with Gasteiger partial charge in [-0.2, -0.15) is 0 Å². The molecule has 0 radical (unpaired) electrons. The zero-order valence-corrected chi connectivity index (χ0v) is 21.0. The number of aryl methyl sites for hydroxylation is 1. The zero-order valence-electron chi connectivity index (χ0n) is 18.7. The van der Waals surface area contributed by atoms with Crippen molar-refractivity contribution < 1.29 is 23.9 Å². The van der Waals surface area contributed by atoms with E-state index >= 15 is 0 Å². The van der Waals surface area contributed by atoms with E-state index in [4.69, 9.17) is 32.7 Å². The van der Waals surface area contributed by atoms with Crippen LogP contribution in [-0.2, 0) is 11.3 Å². The Morgan fingerprint density at radius 2 is 1.80 bits per heavy atom. The minimum Gasteiger partial charge on any atom is -0.493 e. The topological polar surface area (TPSA) is 72.9 Å². The molecule has 4 rings (SSSR count). The van der Waals surface area contributed by atoms with Crippen molar-refractivity contribution in [1.82, 2.24) is 4.90 Å². The molecule has 1 aliphatic heterocycles. The predicted octanol–water partition coefficient (Wildman–Crippen LogP) is 6.77. The maximum absolute atomic E-state index is 12.9. The standard InChI is InChI=1S/C26H19Cl2NO5S/c1-15-4-3-5-18(10-15)25(31)34-21-9-7-16(12-22(21)33-2)13-23-24(30)29(26(32)35-23)14-17-6-8-19(27)20(28)11-17/h3-13H,14H2,1-2H3/b23-13-. The largest absolute Gasteiger partial charge is 0.493 e. The van der Waals surface area contributed by atoms with Crippen LogP contribution in [0.25, 0.3) is 6.08 Å². The number of hydrogen-bond donors (Lipinski definition) is 0. The first-order valence-corrected chi connectivity index (χ1v) is 12.0. The summed E-state index contributed by atoms with van der Waals surface area (Å²) in [5.41, 5.74) is 2.66. The molecule has 0 spiro atoms. The predicted molar refractivity (Wildman–Crippen MR) is 137 cm³/mol. The van der Waals surface area contributed by atoms with Crippen molar-refractivity contribution in [3.05, 3.63) is 97.9 Å². The Balaban J connectivity index is 1.52. The molecule has 0 N–H and O–H groups in total. The molecule has 9 heteroatoms. The average Bonchev–Trinajstić information content (AvgIpc) is 3.09. The van der Waals surface area contributed by atoms with Crippen molar-refractivity contribution in [3.8, 4) is 11.5 Å². The number of imide groups is 1. The molecular formula is C26H19Cl2NO5S. The third kappa shape index (κ3) is 5.70. The van der Waals surface area contributed by atoms with Crippen LogP contribution in [0.3, 0.4) is 0 Å². The van der Waals surface area contributed by atoms with Crippen molar-refractivity contribution in [2.45, 2.75) is 13.5 Å². The van der Waals surface area contributed by atoms with E-state index < -0.39 is 11.9 Å². The molecule has 0 unspecified atom stereocenters. The summed E-state index contributed by atoms with van der Waals surface area (Å²) in [6.07, 6.45) is 1.59. The van der Waals surface area contributed by atoms with Crippen LogP contribution in [0.1, 0.15) is 27.0 Å². The molecule has 0 aromatic heterocycles. The highest BCUT2D eigenvalue weighted by atomic mass is 35.5. The van der Waals surface area contributed by atoms with Gasteiger partial charge in [-0.25, -0.2) is 4.79 Å². The number of benzene rings is 3. The Bertz CT molecular complexity index is 1370. The lowest BCUT2D eigenvalue weighted by atomic mass is 10.1. The number of carbonyl (C=O) groups is 3. The third-order valence-electron chi connectivity index (χ3n) is 5.14. The minimum atomic E-state index is -0.511. The van der Waals surface area contributed by atoms with Crippen LogP contribution in [0.15, 0.2) is 65.6 Å². The number of rotatable bonds is 6. The maximum Gasteiger partial charge on any atom is 0.343 e. The van der Waals surface area contributed by atoms with Gasteiger partial charge in [0, 0.05) is 0 Å². The normalized spacial score (nSPS) is 14.5. The van der Waals surface area contributed by atoms with Crippen LogP contribution < -0.4 is 9.47 Å². The highest BCUT2D eigenvalue weighted by Crippen LogP contribution is 2.36.